The minimum Gasteiger partial charge on any atom is -0.507 e. The lowest BCUT2D eigenvalue weighted by Gasteiger charge is -2.04. The van der Waals surface area contributed by atoms with Gasteiger partial charge in [-0.1, -0.05) is 24.3 Å². The van der Waals surface area contributed by atoms with Crippen molar-refractivity contribution in [2.24, 2.45) is 0 Å². The molecule has 4 heteroatoms. The van der Waals surface area contributed by atoms with Crippen LogP contribution in [-0.2, 0) is 11.1 Å². The Balaban J connectivity index is 2.91. The fourth-order valence-corrected chi connectivity index (χ4v) is 2.02. The zero-order valence-electron chi connectivity index (χ0n) is 7.18. The highest BCUT2D eigenvalue weighted by molar-refractivity contribution is 7.79. The van der Waals surface area contributed by atoms with E-state index in [4.69, 9.17) is 4.55 Å². The summed E-state index contributed by atoms with van der Waals surface area (Å²) in [4.78, 5) is 0.237. The van der Waals surface area contributed by atoms with Gasteiger partial charge in [0.2, 0.25) is 0 Å². The van der Waals surface area contributed by atoms with Crippen LogP contribution >= 0.6 is 0 Å². The Morgan fingerprint density at radius 3 is 2.36 bits per heavy atom. The van der Waals surface area contributed by atoms with Crippen molar-refractivity contribution in [1.82, 2.24) is 0 Å². The first-order chi connectivity index (χ1) is 6.70. The second-order valence-electron chi connectivity index (χ2n) is 2.88. The van der Waals surface area contributed by atoms with Crippen molar-refractivity contribution in [2.75, 3.05) is 0 Å². The minimum absolute atomic E-state index is 0.0282. The molecule has 2 N–H and O–H groups in total. The van der Waals surface area contributed by atoms with Crippen LogP contribution in [0.5, 0.6) is 5.75 Å². The fourth-order valence-electron chi connectivity index (χ4n) is 1.43. The standard InChI is InChI=1S/C10H8O3S/c11-8-5-1-3-7-4-2-6-9(10(7)8)14(12)13/h1-6,11H,(H,12,13). The molecule has 1 atom stereocenters. The lowest BCUT2D eigenvalue weighted by molar-refractivity contribution is 0.480. The Kier molecular flexibility index (Phi) is 2.23. The first-order valence-electron chi connectivity index (χ1n) is 4.02. The van der Waals surface area contributed by atoms with Gasteiger partial charge >= 0.3 is 0 Å². The maximum Gasteiger partial charge on any atom is 0.187 e. The average molecular weight is 208 g/mol. The van der Waals surface area contributed by atoms with E-state index in [-0.39, 0.29) is 10.6 Å². The summed E-state index contributed by atoms with van der Waals surface area (Å²) >= 11 is -2.07. The van der Waals surface area contributed by atoms with Gasteiger partial charge < -0.3 is 9.66 Å². The Morgan fingerprint density at radius 1 is 1.07 bits per heavy atom. The molecule has 2 aromatic rings. The first-order valence-corrected chi connectivity index (χ1v) is 5.12. The van der Waals surface area contributed by atoms with E-state index in [1.165, 1.54) is 12.1 Å². The molecular weight excluding hydrogens is 200 g/mol. The number of hydrogen-bond donors (Lipinski definition) is 2. The molecule has 72 valence electrons. The molecule has 0 aromatic heterocycles. The second kappa shape index (κ2) is 3.40. The summed E-state index contributed by atoms with van der Waals surface area (Å²) in [7, 11) is 0. The van der Waals surface area contributed by atoms with Gasteiger partial charge in [-0.05, 0) is 17.5 Å². The van der Waals surface area contributed by atoms with E-state index in [9.17, 15) is 9.32 Å². The smallest absolute Gasteiger partial charge is 0.187 e. The molecule has 0 radical (unpaired) electrons. The summed E-state index contributed by atoms with van der Waals surface area (Å²) < 4.78 is 20.0. The molecule has 1 unspecified atom stereocenters. The quantitative estimate of drug-likeness (QED) is 0.706. The molecule has 2 aromatic carbocycles. The van der Waals surface area contributed by atoms with Gasteiger partial charge in [0.1, 0.15) is 5.75 Å². The Hall–Kier alpha value is -1.39. The topological polar surface area (TPSA) is 57.5 Å². The van der Waals surface area contributed by atoms with Gasteiger partial charge in [0.15, 0.2) is 11.1 Å². The molecular formula is C10H8O3S. The first kappa shape index (κ1) is 9.18. The van der Waals surface area contributed by atoms with Crippen LogP contribution in [0.15, 0.2) is 41.3 Å². The molecule has 0 aliphatic carbocycles. The molecule has 0 spiro atoms. The monoisotopic (exact) mass is 208 g/mol. The molecule has 0 heterocycles. The van der Waals surface area contributed by atoms with Crippen LogP contribution < -0.4 is 0 Å². The zero-order valence-corrected chi connectivity index (χ0v) is 7.99. The molecule has 0 saturated heterocycles. The highest BCUT2D eigenvalue weighted by Crippen LogP contribution is 2.29. The van der Waals surface area contributed by atoms with Crippen LogP contribution in [0.1, 0.15) is 0 Å². The van der Waals surface area contributed by atoms with Crippen LogP contribution in [-0.4, -0.2) is 13.9 Å². The van der Waals surface area contributed by atoms with Crippen molar-refractivity contribution in [2.45, 2.75) is 4.90 Å². The number of fused-ring (bicyclic) bond motifs is 1. The second-order valence-corrected chi connectivity index (χ2v) is 3.82. The van der Waals surface area contributed by atoms with Gasteiger partial charge in [0, 0.05) is 5.39 Å². The molecule has 0 amide bonds. The van der Waals surface area contributed by atoms with Crippen molar-refractivity contribution in [3.8, 4) is 5.75 Å². The van der Waals surface area contributed by atoms with E-state index < -0.39 is 11.1 Å². The van der Waals surface area contributed by atoms with Crippen LogP contribution in [0.2, 0.25) is 0 Å². The van der Waals surface area contributed by atoms with E-state index in [1.54, 1.807) is 24.3 Å². The lowest BCUT2D eigenvalue weighted by atomic mass is 10.1. The number of rotatable bonds is 1. The van der Waals surface area contributed by atoms with E-state index in [0.29, 0.717) is 5.39 Å². The van der Waals surface area contributed by atoms with Crippen molar-refractivity contribution < 1.29 is 13.9 Å². The molecule has 0 bridgehead atoms. The summed E-state index contributed by atoms with van der Waals surface area (Å²) in [5.41, 5.74) is 0. The van der Waals surface area contributed by atoms with Gasteiger partial charge in [0.05, 0.1) is 4.90 Å². The lowest BCUT2D eigenvalue weighted by Crippen LogP contribution is -1.89. The minimum atomic E-state index is -2.07. The third-order valence-electron chi connectivity index (χ3n) is 2.03. The van der Waals surface area contributed by atoms with E-state index in [0.717, 1.165) is 5.39 Å². The molecule has 0 saturated carbocycles. The summed E-state index contributed by atoms with van der Waals surface area (Å²) in [6.07, 6.45) is 0. The number of benzene rings is 2. The van der Waals surface area contributed by atoms with Gasteiger partial charge in [-0.15, -0.1) is 0 Å². The van der Waals surface area contributed by atoms with E-state index in [2.05, 4.69) is 0 Å². The normalized spacial score (nSPS) is 12.9. The van der Waals surface area contributed by atoms with Crippen molar-refractivity contribution >= 4 is 21.9 Å². The number of aromatic hydroxyl groups is 1. The Labute approximate surface area is 83.3 Å². The van der Waals surface area contributed by atoms with Crippen molar-refractivity contribution in [1.29, 1.82) is 0 Å². The highest BCUT2D eigenvalue weighted by Gasteiger charge is 2.08. The van der Waals surface area contributed by atoms with Crippen LogP contribution in [0.3, 0.4) is 0 Å². The maximum absolute atomic E-state index is 11.0. The van der Waals surface area contributed by atoms with Gasteiger partial charge in [-0.3, -0.25) is 0 Å². The van der Waals surface area contributed by atoms with Crippen molar-refractivity contribution in [3.05, 3.63) is 36.4 Å². The summed E-state index contributed by atoms with van der Waals surface area (Å²) in [6, 6.07) is 9.97. The maximum atomic E-state index is 11.0. The number of hydrogen-bond acceptors (Lipinski definition) is 2. The Bertz CT molecular complexity index is 502. The van der Waals surface area contributed by atoms with E-state index >= 15 is 0 Å². The van der Waals surface area contributed by atoms with Gasteiger partial charge in [-0.25, -0.2) is 4.21 Å². The fraction of sp³-hybridized carbons (Fsp3) is 0. The molecule has 2 rings (SSSR count). The summed E-state index contributed by atoms with van der Waals surface area (Å²) in [5.74, 6) is 0.0282. The van der Waals surface area contributed by atoms with Crippen LogP contribution in [0, 0.1) is 0 Å². The zero-order chi connectivity index (χ0) is 10.1. The van der Waals surface area contributed by atoms with Crippen LogP contribution in [0.25, 0.3) is 10.8 Å². The Morgan fingerprint density at radius 2 is 1.71 bits per heavy atom. The molecule has 0 aliphatic rings. The summed E-state index contributed by atoms with van der Waals surface area (Å²) in [6.45, 7) is 0. The van der Waals surface area contributed by atoms with Gasteiger partial charge in [0.25, 0.3) is 0 Å². The summed E-state index contributed by atoms with van der Waals surface area (Å²) in [5, 5.41) is 10.8. The highest BCUT2D eigenvalue weighted by atomic mass is 32.2. The van der Waals surface area contributed by atoms with E-state index in [1.807, 2.05) is 0 Å². The third-order valence-corrected chi connectivity index (χ3v) is 2.75. The molecule has 0 fully saturated rings. The number of phenols is 1. The molecule has 0 aliphatic heterocycles. The van der Waals surface area contributed by atoms with Gasteiger partial charge in [-0.2, -0.15) is 0 Å². The average Bonchev–Trinajstić information content (AvgIpc) is 2.17. The van der Waals surface area contributed by atoms with Crippen LogP contribution in [0.4, 0.5) is 0 Å². The third kappa shape index (κ3) is 1.38. The SMILES string of the molecule is O=S(O)c1cccc2cccc(O)c12. The number of phenolic OH excluding ortho intramolecular Hbond substituents is 1. The predicted molar refractivity (Wildman–Crippen MR) is 54.7 cm³/mol. The molecule has 14 heavy (non-hydrogen) atoms. The van der Waals surface area contributed by atoms with Crippen molar-refractivity contribution in [3.63, 3.8) is 0 Å². The predicted octanol–water partition coefficient (Wildman–Crippen LogP) is 2.13. The largest absolute Gasteiger partial charge is 0.507 e. The molecule has 3 nitrogen and oxygen atoms in total.